The van der Waals surface area contributed by atoms with E-state index in [1.165, 1.54) is 32.1 Å². The van der Waals surface area contributed by atoms with Crippen LogP contribution in [0.4, 0.5) is 0 Å². The predicted molar refractivity (Wildman–Crippen MR) is 60.4 cm³/mol. The molecule has 2 heteroatoms. The zero-order chi connectivity index (χ0) is 10.6. The average molecular weight is 200 g/mol. The fourth-order valence-corrected chi connectivity index (χ4v) is 1.41. The van der Waals surface area contributed by atoms with Gasteiger partial charge in [-0.2, -0.15) is 0 Å². The number of rotatable bonds is 9. The summed E-state index contributed by atoms with van der Waals surface area (Å²) in [5.41, 5.74) is 0. The lowest BCUT2D eigenvalue weighted by Gasteiger charge is -1.99. The van der Waals surface area contributed by atoms with E-state index in [-0.39, 0.29) is 6.61 Å². The van der Waals surface area contributed by atoms with Crippen molar-refractivity contribution in [3.63, 3.8) is 0 Å². The molecule has 0 rings (SSSR count). The van der Waals surface area contributed by atoms with Crippen molar-refractivity contribution < 1.29 is 10.2 Å². The molecule has 84 valence electrons. The van der Waals surface area contributed by atoms with Crippen LogP contribution < -0.4 is 0 Å². The quantitative estimate of drug-likeness (QED) is 0.441. The van der Waals surface area contributed by atoms with Crippen LogP contribution in [-0.4, -0.2) is 16.8 Å². The van der Waals surface area contributed by atoms with Crippen LogP contribution in [0.15, 0.2) is 11.8 Å². The molecule has 0 aliphatic carbocycles. The minimum absolute atomic E-state index is 0.0405. The summed E-state index contributed by atoms with van der Waals surface area (Å²) in [6.45, 7) is 2.26. The van der Waals surface area contributed by atoms with E-state index in [4.69, 9.17) is 5.11 Å². The van der Waals surface area contributed by atoms with E-state index in [0.29, 0.717) is 12.2 Å². The van der Waals surface area contributed by atoms with E-state index < -0.39 is 0 Å². The van der Waals surface area contributed by atoms with E-state index in [2.05, 4.69) is 6.92 Å². The fourth-order valence-electron chi connectivity index (χ4n) is 1.41. The van der Waals surface area contributed by atoms with Crippen LogP contribution in [0.3, 0.4) is 0 Å². The first kappa shape index (κ1) is 13.5. The number of unbranched alkanes of at least 4 members (excludes halogenated alkanes) is 6. The Hall–Kier alpha value is -0.500. The summed E-state index contributed by atoms with van der Waals surface area (Å²) in [5, 5.41) is 17.7. The fraction of sp³-hybridized carbons (Fsp3) is 0.833. The monoisotopic (exact) mass is 200 g/mol. The zero-order valence-corrected chi connectivity index (χ0v) is 9.34. The van der Waals surface area contributed by atoms with E-state index in [9.17, 15) is 5.11 Å². The van der Waals surface area contributed by atoms with Crippen molar-refractivity contribution in [2.24, 2.45) is 0 Å². The van der Waals surface area contributed by atoms with Crippen molar-refractivity contribution >= 4 is 0 Å². The van der Waals surface area contributed by atoms with Gasteiger partial charge in [-0.25, -0.2) is 0 Å². The van der Waals surface area contributed by atoms with Crippen molar-refractivity contribution in [1.29, 1.82) is 0 Å². The molecule has 0 radical (unpaired) electrons. The number of allylic oxidation sites excluding steroid dienone is 1. The molecule has 2 N–H and O–H groups in total. The molecule has 0 spiro atoms. The summed E-state index contributed by atoms with van der Waals surface area (Å²) in [5.74, 6) is 0.334. The Bertz CT molecular complexity index is 141. The van der Waals surface area contributed by atoms with E-state index in [0.717, 1.165) is 12.8 Å². The van der Waals surface area contributed by atoms with Gasteiger partial charge in [0.25, 0.3) is 0 Å². The Morgan fingerprint density at radius 1 is 1.07 bits per heavy atom. The number of aliphatic hydroxyl groups is 2. The highest BCUT2D eigenvalue weighted by Crippen LogP contribution is 2.08. The van der Waals surface area contributed by atoms with Crippen molar-refractivity contribution in [1.82, 2.24) is 0 Å². The highest BCUT2D eigenvalue weighted by Gasteiger charge is 1.92. The lowest BCUT2D eigenvalue weighted by atomic mass is 10.1. The summed E-state index contributed by atoms with van der Waals surface area (Å²) < 4.78 is 0. The van der Waals surface area contributed by atoms with Crippen LogP contribution >= 0.6 is 0 Å². The molecular formula is C12H24O2. The van der Waals surface area contributed by atoms with Gasteiger partial charge in [0.15, 0.2) is 0 Å². The SMILES string of the molecule is CCCCCCCCC=C(O)CCO. The smallest absolute Gasteiger partial charge is 0.0905 e. The Balaban J connectivity index is 3.15. The Morgan fingerprint density at radius 3 is 2.36 bits per heavy atom. The molecular weight excluding hydrogens is 176 g/mol. The molecule has 0 aromatic carbocycles. The van der Waals surface area contributed by atoms with Gasteiger partial charge in [0, 0.05) is 6.42 Å². The normalized spacial score (nSPS) is 12.0. The Labute approximate surface area is 87.7 Å². The molecule has 0 amide bonds. The summed E-state index contributed by atoms with van der Waals surface area (Å²) in [6.07, 6.45) is 10.8. The van der Waals surface area contributed by atoms with Gasteiger partial charge in [0.2, 0.25) is 0 Å². The van der Waals surface area contributed by atoms with Gasteiger partial charge in [-0.3, -0.25) is 0 Å². The first-order valence-corrected chi connectivity index (χ1v) is 5.80. The third kappa shape index (κ3) is 9.59. The lowest BCUT2D eigenvalue weighted by Crippen LogP contribution is -1.87. The number of hydrogen-bond acceptors (Lipinski definition) is 2. The third-order valence-corrected chi connectivity index (χ3v) is 2.31. The molecule has 0 aliphatic rings. The van der Waals surface area contributed by atoms with Crippen LogP contribution in [0.5, 0.6) is 0 Å². The molecule has 0 atom stereocenters. The highest BCUT2D eigenvalue weighted by molar-refractivity contribution is 4.90. The van der Waals surface area contributed by atoms with Crippen LogP contribution in [-0.2, 0) is 0 Å². The summed E-state index contributed by atoms with van der Waals surface area (Å²) in [7, 11) is 0. The minimum Gasteiger partial charge on any atom is -0.513 e. The van der Waals surface area contributed by atoms with E-state index >= 15 is 0 Å². The highest BCUT2D eigenvalue weighted by atomic mass is 16.3. The van der Waals surface area contributed by atoms with Gasteiger partial charge in [-0.1, -0.05) is 39.0 Å². The number of aliphatic hydroxyl groups excluding tert-OH is 2. The van der Waals surface area contributed by atoms with Gasteiger partial charge in [0.05, 0.1) is 12.4 Å². The predicted octanol–water partition coefficient (Wildman–Crippen LogP) is 3.56. The maximum atomic E-state index is 9.19. The average Bonchev–Trinajstić information content (AvgIpc) is 2.17. The molecule has 0 bridgehead atoms. The minimum atomic E-state index is 0.0405. The lowest BCUT2D eigenvalue weighted by molar-refractivity contribution is 0.267. The molecule has 14 heavy (non-hydrogen) atoms. The van der Waals surface area contributed by atoms with Gasteiger partial charge in [-0.15, -0.1) is 0 Å². The summed E-state index contributed by atoms with van der Waals surface area (Å²) >= 11 is 0. The molecule has 0 unspecified atom stereocenters. The van der Waals surface area contributed by atoms with Gasteiger partial charge >= 0.3 is 0 Å². The topological polar surface area (TPSA) is 40.5 Å². The zero-order valence-electron chi connectivity index (χ0n) is 9.34. The molecule has 0 fully saturated rings. The molecule has 0 aromatic rings. The van der Waals surface area contributed by atoms with Gasteiger partial charge in [-0.05, 0) is 18.9 Å². The van der Waals surface area contributed by atoms with Gasteiger partial charge in [0.1, 0.15) is 0 Å². The van der Waals surface area contributed by atoms with Gasteiger partial charge < -0.3 is 10.2 Å². The summed E-state index contributed by atoms with van der Waals surface area (Å²) in [4.78, 5) is 0. The van der Waals surface area contributed by atoms with Crippen LogP contribution in [0.2, 0.25) is 0 Å². The standard InChI is InChI=1S/C12H24O2/c1-2-3-4-5-6-7-8-9-12(14)10-11-13/h9,13-14H,2-8,10-11H2,1H3. The first-order valence-electron chi connectivity index (χ1n) is 5.80. The van der Waals surface area contributed by atoms with Crippen molar-refractivity contribution in [3.05, 3.63) is 11.8 Å². The molecule has 0 aliphatic heterocycles. The maximum absolute atomic E-state index is 9.19. The number of hydrogen-bond donors (Lipinski definition) is 2. The van der Waals surface area contributed by atoms with Crippen molar-refractivity contribution in [2.75, 3.05) is 6.61 Å². The van der Waals surface area contributed by atoms with Crippen LogP contribution in [0.1, 0.15) is 58.3 Å². The first-order chi connectivity index (χ1) is 6.81. The Morgan fingerprint density at radius 2 is 1.71 bits per heavy atom. The van der Waals surface area contributed by atoms with Crippen molar-refractivity contribution in [3.8, 4) is 0 Å². The maximum Gasteiger partial charge on any atom is 0.0905 e. The summed E-state index contributed by atoms with van der Waals surface area (Å²) in [6, 6.07) is 0. The van der Waals surface area contributed by atoms with Crippen LogP contribution in [0, 0.1) is 0 Å². The molecule has 0 heterocycles. The van der Waals surface area contributed by atoms with E-state index in [1.54, 1.807) is 0 Å². The van der Waals surface area contributed by atoms with Crippen molar-refractivity contribution in [2.45, 2.75) is 58.3 Å². The molecule has 2 nitrogen and oxygen atoms in total. The van der Waals surface area contributed by atoms with E-state index in [1.807, 2.05) is 6.08 Å². The molecule has 0 aromatic heterocycles. The second-order valence-electron chi connectivity index (χ2n) is 3.73. The molecule has 0 saturated carbocycles. The largest absolute Gasteiger partial charge is 0.513 e. The van der Waals surface area contributed by atoms with Crippen LogP contribution in [0.25, 0.3) is 0 Å². The second-order valence-corrected chi connectivity index (χ2v) is 3.73. The third-order valence-electron chi connectivity index (χ3n) is 2.31. The Kier molecular flexibility index (Phi) is 10.2. The second kappa shape index (κ2) is 10.6. The molecule has 0 saturated heterocycles.